The second-order valence-corrected chi connectivity index (χ2v) is 9.07. The zero-order valence-electron chi connectivity index (χ0n) is 19.3. The molecule has 0 bridgehead atoms. The Labute approximate surface area is 189 Å². The van der Waals surface area contributed by atoms with Crippen molar-refractivity contribution in [3.05, 3.63) is 42.0 Å². The smallest absolute Gasteiger partial charge is 0.247 e. The molecule has 1 heterocycles. The number of amides is 4. The molecule has 1 aliphatic carbocycles. The lowest BCUT2D eigenvalue weighted by Gasteiger charge is -2.27. The molecule has 0 radical (unpaired) electrons. The number of fused-ring (bicyclic) bond motifs is 1. The van der Waals surface area contributed by atoms with E-state index in [1.807, 2.05) is 51.1 Å². The van der Waals surface area contributed by atoms with Gasteiger partial charge in [0.2, 0.25) is 23.6 Å². The first-order valence-electron chi connectivity index (χ1n) is 11.4. The van der Waals surface area contributed by atoms with E-state index in [-0.39, 0.29) is 41.4 Å². The van der Waals surface area contributed by atoms with Crippen LogP contribution in [0.4, 0.5) is 5.69 Å². The molecule has 4 amide bonds. The summed E-state index contributed by atoms with van der Waals surface area (Å²) in [6.45, 7) is 8.44. The van der Waals surface area contributed by atoms with Gasteiger partial charge in [-0.25, -0.2) is 0 Å². The van der Waals surface area contributed by atoms with E-state index in [9.17, 15) is 19.2 Å². The van der Waals surface area contributed by atoms with E-state index in [1.54, 1.807) is 11.0 Å². The highest BCUT2D eigenvalue weighted by molar-refractivity contribution is 6.10. The van der Waals surface area contributed by atoms with Crippen LogP contribution in [-0.2, 0) is 25.7 Å². The number of imide groups is 1. The highest BCUT2D eigenvalue weighted by Gasteiger charge is 2.51. The Balaban J connectivity index is 1.79. The first-order chi connectivity index (χ1) is 15.2. The molecule has 2 aliphatic rings. The molecule has 0 saturated carbocycles. The lowest BCUT2D eigenvalue weighted by molar-refractivity contribution is -0.147. The van der Waals surface area contributed by atoms with Gasteiger partial charge in [0.25, 0.3) is 0 Å². The van der Waals surface area contributed by atoms with E-state index in [4.69, 9.17) is 0 Å². The molecule has 1 aromatic carbocycles. The van der Waals surface area contributed by atoms with Gasteiger partial charge in [-0.3, -0.25) is 24.1 Å². The van der Waals surface area contributed by atoms with E-state index in [0.29, 0.717) is 38.0 Å². The van der Waals surface area contributed by atoms with Crippen LogP contribution in [0.15, 0.2) is 36.4 Å². The molecule has 172 valence electrons. The number of nitrogens with one attached hydrogen (secondary N) is 1. The Morgan fingerprint density at radius 3 is 2.28 bits per heavy atom. The SMILES string of the molecule is CCN(Cc1cccc(NC(=O)C(CC(C)C)N2C(=O)C3CC=CCC3C2=O)c1)C(C)=O. The summed E-state index contributed by atoms with van der Waals surface area (Å²) in [5.74, 6) is -1.43. The topological polar surface area (TPSA) is 86.8 Å². The zero-order valence-corrected chi connectivity index (χ0v) is 19.3. The minimum Gasteiger partial charge on any atom is -0.339 e. The average Bonchev–Trinajstić information content (AvgIpc) is 3.00. The number of nitrogens with zero attached hydrogens (tertiary/aromatic N) is 2. The summed E-state index contributed by atoms with van der Waals surface area (Å²) in [7, 11) is 0. The number of hydrogen-bond donors (Lipinski definition) is 1. The molecular weight excluding hydrogens is 406 g/mol. The monoisotopic (exact) mass is 439 g/mol. The molecule has 1 aromatic rings. The summed E-state index contributed by atoms with van der Waals surface area (Å²) in [4.78, 5) is 54.1. The number of anilines is 1. The summed E-state index contributed by atoms with van der Waals surface area (Å²) in [5, 5.41) is 2.90. The maximum Gasteiger partial charge on any atom is 0.247 e. The predicted octanol–water partition coefficient (Wildman–Crippen LogP) is 3.36. The van der Waals surface area contributed by atoms with Crippen LogP contribution in [-0.4, -0.2) is 46.0 Å². The lowest BCUT2D eigenvalue weighted by atomic mass is 9.85. The number of rotatable bonds is 8. The van der Waals surface area contributed by atoms with Crippen molar-refractivity contribution in [1.29, 1.82) is 0 Å². The number of allylic oxidation sites excluding steroid dienone is 2. The van der Waals surface area contributed by atoms with Crippen molar-refractivity contribution >= 4 is 29.3 Å². The average molecular weight is 440 g/mol. The molecule has 1 fully saturated rings. The van der Waals surface area contributed by atoms with Gasteiger partial charge in [0.05, 0.1) is 11.8 Å². The quantitative estimate of drug-likeness (QED) is 0.497. The molecule has 7 heteroatoms. The Kier molecular flexibility index (Phi) is 7.48. The molecule has 3 rings (SSSR count). The summed E-state index contributed by atoms with van der Waals surface area (Å²) < 4.78 is 0. The van der Waals surface area contributed by atoms with Crippen molar-refractivity contribution in [3.8, 4) is 0 Å². The van der Waals surface area contributed by atoms with Crippen LogP contribution in [0.25, 0.3) is 0 Å². The Morgan fingerprint density at radius 2 is 1.75 bits per heavy atom. The molecule has 1 saturated heterocycles. The van der Waals surface area contributed by atoms with E-state index in [2.05, 4.69) is 5.32 Å². The van der Waals surface area contributed by atoms with Gasteiger partial charge in [-0.2, -0.15) is 0 Å². The van der Waals surface area contributed by atoms with Gasteiger partial charge in [0.1, 0.15) is 6.04 Å². The highest BCUT2D eigenvalue weighted by atomic mass is 16.2. The van der Waals surface area contributed by atoms with Crippen molar-refractivity contribution < 1.29 is 19.2 Å². The molecule has 7 nitrogen and oxygen atoms in total. The van der Waals surface area contributed by atoms with Crippen molar-refractivity contribution in [2.75, 3.05) is 11.9 Å². The first kappa shape index (κ1) is 23.7. The minimum atomic E-state index is -0.839. The third-order valence-electron chi connectivity index (χ3n) is 6.25. The van der Waals surface area contributed by atoms with Gasteiger partial charge >= 0.3 is 0 Å². The molecule has 3 atom stereocenters. The number of carbonyl (C=O) groups excluding carboxylic acids is 4. The number of benzene rings is 1. The van der Waals surface area contributed by atoms with Gasteiger partial charge in [-0.15, -0.1) is 0 Å². The predicted molar refractivity (Wildman–Crippen MR) is 122 cm³/mol. The normalized spacial score (nSPS) is 21.0. The van der Waals surface area contributed by atoms with Crippen molar-refractivity contribution in [2.45, 2.75) is 59.5 Å². The van der Waals surface area contributed by atoms with Gasteiger partial charge in [0, 0.05) is 25.7 Å². The van der Waals surface area contributed by atoms with E-state index in [1.165, 1.54) is 11.8 Å². The second-order valence-electron chi connectivity index (χ2n) is 9.07. The second kappa shape index (κ2) is 10.1. The molecule has 32 heavy (non-hydrogen) atoms. The van der Waals surface area contributed by atoms with Crippen molar-refractivity contribution in [3.63, 3.8) is 0 Å². The highest BCUT2D eigenvalue weighted by Crippen LogP contribution is 2.37. The van der Waals surface area contributed by atoms with Crippen molar-refractivity contribution in [1.82, 2.24) is 9.80 Å². The van der Waals surface area contributed by atoms with Crippen LogP contribution >= 0.6 is 0 Å². The van der Waals surface area contributed by atoms with Gasteiger partial charge in [-0.1, -0.05) is 38.1 Å². The fraction of sp³-hybridized carbons (Fsp3) is 0.520. The van der Waals surface area contributed by atoms with Crippen LogP contribution in [0.5, 0.6) is 0 Å². The zero-order chi connectivity index (χ0) is 23.4. The molecule has 3 unspecified atom stereocenters. The summed E-state index contributed by atoms with van der Waals surface area (Å²) >= 11 is 0. The molecule has 0 aromatic heterocycles. The first-order valence-corrected chi connectivity index (χ1v) is 11.4. The molecule has 1 N–H and O–H groups in total. The standard InChI is InChI=1S/C25H33N3O4/c1-5-27(17(4)29)15-18-9-8-10-19(14-18)26-23(30)22(13-16(2)3)28-24(31)20-11-6-7-12-21(20)25(28)32/h6-10,14,16,20-22H,5,11-13,15H2,1-4H3,(H,26,30). The number of likely N-dealkylation sites (tertiary alicyclic amines) is 1. The van der Waals surface area contributed by atoms with Crippen molar-refractivity contribution in [2.24, 2.45) is 17.8 Å². The van der Waals surface area contributed by atoms with Gasteiger partial charge in [-0.05, 0) is 49.8 Å². The summed E-state index contributed by atoms with van der Waals surface area (Å²) in [6, 6.07) is 6.48. The van der Waals surface area contributed by atoms with Crippen LogP contribution in [0.1, 0.15) is 52.5 Å². The fourth-order valence-electron chi connectivity index (χ4n) is 4.55. The van der Waals surface area contributed by atoms with E-state index in [0.717, 1.165) is 5.56 Å². The molecular formula is C25H33N3O4. The maximum absolute atomic E-state index is 13.3. The van der Waals surface area contributed by atoms with Crippen LogP contribution in [0.3, 0.4) is 0 Å². The van der Waals surface area contributed by atoms with Crippen LogP contribution in [0, 0.1) is 17.8 Å². The maximum atomic E-state index is 13.3. The number of hydrogen-bond acceptors (Lipinski definition) is 4. The lowest BCUT2D eigenvalue weighted by Crippen LogP contribution is -2.48. The summed E-state index contributed by atoms with van der Waals surface area (Å²) in [6.07, 6.45) is 5.39. The minimum absolute atomic E-state index is 0.0130. The fourth-order valence-corrected chi connectivity index (χ4v) is 4.55. The Hall–Kier alpha value is -2.96. The van der Waals surface area contributed by atoms with E-state index >= 15 is 0 Å². The third-order valence-corrected chi connectivity index (χ3v) is 6.25. The van der Waals surface area contributed by atoms with E-state index < -0.39 is 6.04 Å². The molecule has 1 aliphatic heterocycles. The number of carbonyl (C=O) groups is 4. The third kappa shape index (κ3) is 5.09. The van der Waals surface area contributed by atoms with Crippen LogP contribution in [0.2, 0.25) is 0 Å². The van der Waals surface area contributed by atoms with Gasteiger partial charge in [0.15, 0.2) is 0 Å². The van der Waals surface area contributed by atoms with Gasteiger partial charge < -0.3 is 10.2 Å². The Morgan fingerprint density at radius 1 is 1.12 bits per heavy atom. The largest absolute Gasteiger partial charge is 0.339 e. The van der Waals surface area contributed by atoms with Crippen LogP contribution < -0.4 is 5.32 Å². The Bertz CT molecular complexity index is 898. The summed E-state index contributed by atoms with van der Waals surface area (Å²) in [5.41, 5.74) is 1.48. The molecule has 0 spiro atoms.